The van der Waals surface area contributed by atoms with E-state index >= 15 is 0 Å². The SMILES string of the molecule is CCCn1ccnc1CN(C)[C@H](C)c1ccncc1. The van der Waals surface area contributed by atoms with Crippen molar-refractivity contribution in [2.45, 2.75) is 39.4 Å². The molecule has 0 amide bonds. The smallest absolute Gasteiger partial charge is 0.122 e. The molecule has 0 unspecified atom stereocenters. The average molecular weight is 258 g/mol. The molecule has 0 aromatic carbocycles. The first-order valence-electron chi connectivity index (χ1n) is 6.82. The molecule has 1 atom stereocenters. The van der Waals surface area contributed by atoms with Crippen molar-refractivity contribution in [2.75, 3.05) is 7.05 Å². The van der Waals surface area contributed by atoms with Gasteiger partial charge in [-0.25, -0.2) is 4.98 Å². The summed E-state index contributed by atoms with van der Waals surface area (Å²) in [5.41, 5.74) is 1.28. The highest BCUT2D eigenvalue weighted by molar-refractivity contribution is 5.14. The standard InChI is InChI=1S/C15H22N4/c1-4-10-19-11-9-17-15(19)12-18(3)13(2)14-5-7-16-8-6-14/h5-9,11,13H,4,10,12H2,1-3H3/t13-/m1/s1. The molecule has 0 aliphatic carbocycles. The Kier molecular flexibility index (Phi) is 4.68. The number of aryl methyl sites for hydroxylation is 1. The van der Waals surface area contributed by atoms with E-state index in [1.807, 2.05) is 18.6 Å². The molecular formula is C15H22N4. The first-order valence-corrected chi connectivity index (χ1v) is 6.82. The average Bonchev–Trinajstić information content (AvgIpc) is 2.86. The Bertz CT molecular complexity index is 492. The fourth-order valence-electron chi connectivity index (χ4n) is 2.19. The van der Waals surface area contributed by atoms with Crippen LogP contribution in [0.15, 0.2) is 36.9 Å². The molecule has 0 fully saturated rings. The third-order valence-electron chi connectivity index (χ3n) is 3.51. The normalized spacial score (nSPS) is 12.8. The number of imidazole rings is 1. The van der Waals surface area contributed by atoms with Gasteiger partial charge in [-0.15, -0.1) is 0 Å². The summed E-state index contributed by atoms with van der Waals surface area (Å²) in [5, 5.41) is 0. The second-order valence-corrected chi connectivity index (χ2v) is 4.91. The largest absolute Gasteiger partial charge is 0.334 e. The maximum atomic E-state index is 4.46. The minimum atomic E-state index is 0.356. The van der Waals surface area contributed by atoms with Crippen LogP contribution in [0.5, 0.6) is 0 Å². The molecule has 19 heavy (non-hydrogen) atoms. The summed E-state index contributed by atoms with van der Waals surface area (Å²) >= 11 is 0. The first-order chi connectivity index (χ1) is 9.22. The first kappa shape index (κ1) is 13.7. The number of hydrogen-bond donors (Lipinski definition) is 0. The quantitative estimate of drug-likeness (QED) is 0.799. The van der Waals surface area contributed by atoms with Gasteiger partial charge in [0.15, 0.2) is 0 Å². The summed E-state index contributed by atoms with van der Waals surface area (Å²) in [6.07, 6.45) is 8.77. The monoisotopic (exact) mass is 258 g/mol. The molecule has 2 heterocycles. The van der Waals surface area contributed by atoms with Crippen LogP contribution in [-0.2, 0) is 13.1 Å². The lowest BCUT2D eigenvalue weighted by molar-refractivity contribution is 0.243. The highest BCUT2D eigenvalue weighted by Crippen LogP contribution is 2.19. The number of hydrogen-bond acceptors (Lipinski definition) is 3. The van der Waals surface area contributed by atoms with E-state index in [0.717, 1.165) is 25.3 Å². The molecule has 2 aromatic heterocycles. The molecule has 102 valence electrons. The molecule has 0 N–H and O–H groups in total. The van der Waals surface area contributed by atoms with Crippen molar-refractivity contribution in [3.05, 3.63) is 48.3 Å². The van der Waals surface area contributed by atoms with E-state index in [-0.39, 0.29) is 0 Å². The van der Waals surface area contributed by atoms with Crippen molar-refractivity contribution in [1.82, 2.24) is 19.4 Å². The van der Waals surface area contributed by atoms with Gasteiger partial charge >= 0.3 is 0 Å². The van der Waals surface area contributed by atoms with Gasteiger partial charge in [0, 0.05) is 37.4 Å². The van der Waals surface area contributed by atoms with Crippen LogP contribution in [0, 0.1) is 0 Å². The van der Waals surface area contributed by atoms with Crippen LogP contribution in [0.4, 0.5) is 0 Å². The van der Waals surface area contributed by atoms with E-state index < -0.39 is 0 Å². The molecule has 4 heteroatoms. The lowest BCUT2D eigenvalue weighted by Crippen LogP contribution is -2.24. The van der Waals surface area contributed by atoms with Crippen LogP contribution < -0.4 is 0 Å². The van der Waals surface area contributed by atoms with Gasteiger partial charge in [0.05, 0.1) is 6.54 Å². The van der Waals surface area contributed by atoms with E-state index in [1.54, 1.807) is 0 Å². The molecule has 0 saturated heterocycles. The predicted octanol–water partition coefficient (Wildman–Crippen LogP) is 2.88. The summed E-state index contributed by atoms with van der Waals surface area (Å²) in [6.45, 7) is 6.29. The zero-order chi connectivity index (χ0) is 13.7. The van der Waals surface area contributed by atoms with Crippen LogP contribution in [0.25, 0.3) is 0 Å². The Morgan fingerprint density at radius 3 is 2.68 bits per heavy atom. The molecule has 0 spiro atoms. The minimum Gasteiger partial charge on any atom is -0.334 e. The van der Waals surface area contributed by atoms with Crippen molar-refractivity contribution in [1.29, 1.82) is 0 Å². The number of rotatable bonds is 6. The van der Waals surface area contributed by atoms with E-state index in [0.29, 0.717) is 6.04 Å². The molecule has 2 rings (SSSR count). The summed E-state index contributed by atoms with van der Waals surface area (Å²) < 4.78 is 2.23. The molecule has 4 nitrogen and oxygen atoms in total. The van der Waals surface area contributed by atoms with Gasteiger partial charge in [0.2, 0.25) is 0 Å². The summed E-state index contributed by atoms with van der Waals surface area (Å²) in [4.78, 5) is 10.8. The number of aromatic nitrogens is 3. The molecule has 0 radical (unpaired) electrons. The minimum absolute atomic E-state index is 0.356. The van der Waals surface area contributed by atoms with Gasteiger partial charge in [-0.3, -0.25) is 9.88 Å². The van der Waals surface area contributed by atoms with Gasteiger partial charge in [-0.1, -0.05) is 6.92 Å². The van der Waals surface area contributed by atoms with Crippen LogP contribution >= 0.6 is 0 Å². The zero-order valence-electron chi connectivity index (χ0n) is 12.0. The van der Waals surface area contributed by atoms with Crippen LogP contribution in [0.3, 0.4) is 0 Å². The highest BCUT2D eigenvalue weighted by Gasteiger charge is 2.14. The van der Waals surface area contributed by atoms with Gasteiger partial charge in [-0.05, 0) is 38.1 Å². The summed E-state index contributed by atoms with van der Waals surface area (Å²) in [7, 11) is 2.13. The van der Waals surface area contributed by atoms with Crippen molar-refractivity contribution < 1.29 is 0 Å². The van der Waals surface area contributed by atoms with Crippen molar-refractivity contribution in [3.8, 4) is 0 Å². The second kappa shape index (κ2) is 6.48. The molecular weight excluding hydrogens is 236 g/mol. The molecule has 0 aliphatic rings. The Labute approximate surface area is 115 Å². The third kappa shape index (κ3) is 3.41. The predicted molar refractivity (Wildman–Crippen MR) is 76.6 cm³/mol. The van der Waals surface area contributed by atoms with Crippen LogP contribution in [0.2, 0.25) is 0 Å². The van der Waals surface area contributed by atoms with Crippen molar-refractivity contribution >= 4 is 0 Å². The van der Waals surface area contributed by atoms with Gasteiger partial charge < -0.3 is 4.57 Å². The van der Waals surface area contributed by atoms with E-state index in [9.17, 15) is 0 Å². The van der Waals surface area contributed by atoms with Gasteiger partial charge in [0.25, 0.3) is 0 Å². The van der Waals surface area contributed by atoms with Gasteiger partial charge in [-0.2, -0.15) is 0 Å². The highest BCUT2D eigenvalue weighted by atomic mass is 15.2. The molecule has 0 bridgehead atoms. The topological polar surface area (TPSA) is 34.0 Å². The van der Waals surface area contributed by atoms with E-state index in [4.69, 9.17) is 0 Å². The Balaban J connectivity index is 2.04. The maximum Gasteiger partial charge on any atom is 0.122 e. The Morgan fingerprint density at radius 1 is 1.26 bits per heavy atom. The van der Waals surface area contributed by atoms with Crippen LogP contribution in [0.1, 0.15) is 37.7 Å². The van der Waals surface area contributed by atoms with Crippen molar-refractivity contribution in [3.63, 3.8) is 0 Å². The van der Waals surface area contributed by atoms with Gasteiger partial charge in [0.1, 0.15) is 5.82 Å². The van der Waals surface area contributed by atoms with Crippen LogP contribution in [-0.4, -0.2) is 26.5 Å². The molecule has 0 saturated carbocycles. The molecule has 2 aromatic rings. The lowest BCUT2D eigenvalue weighted by Gasteiger charge is -2.24. The second-order valence-electron chi connectivity index (χ2n) is 4.91. The number of pyridine rings is 1. The Morgan fingerprint density at radius 2 is 2.00 bits per heavy atom. The lowest BCUT2D eigenvalue weighted by atomic mass is 10.1. The van der Waals surface area contributed by atoms with Crippen molar-refractivity contribution in [2.24, 2.45) is 0 Å². The van der Waals surface area contributed by atoms with E-state index in [1.165, 1.54) is 5.56 Å². The number of nitrogens with zero attached hydrogens (tertiary/aromatic N) is 4. The fourth-order valence-corrected chi connectivity index (χ4v) is 2.19. The zero-order valence-corrected chi connectivity index (χ0v) is 12.0. The third-order valence-corrected chi connectivity index (χ3v) is 3.51. The van der Waals surface area contributed by atoms with E-state index in [2.05, 4.69) is 58.7 Å². The maximum absolute atomic E-state index is 4.46. The summed E-state index contributed by atoms with van der Waals surface area (Å²) in [6, 6.07) is 4.49. The molecule has 0 aliphatic heterocycles. The fraction of sp³-hybridized carbons (Fsp3) is 0.467. The summed E-state index contributed by atoms with van der Waals surface area (Å²) in [5.74, 6) is 1.13. The Hall–Kier alpha value is -1.68.